The summed E-state index contributed by atoms with van der Waals surface area (Å²) in [6.45, 7) is 5.04. The average molecular weight is 228 g/mol. The number of hydrogen-bond donors (Lipinski definition) is 0. The summed E-state index contributed by atoms with van der Waals surface area (Å²) in [5, 5.41) is 0. The van der Waals surface area contributed by atoms with Gasteiger partial charge in [0, 0.05) is 0 Å². The molecule has 1 atom stereocenters. The Kier molecular flexibility index (Phi) is 6.46. The predicted octanol–water partition coefficient (Wildman–Crippen LogP) is 2.93. The van der Waals surface area contributed by atoms with E-state index < -0.39 is 0 Å². The maximum Gasteiger partial charge on any atom is 0.309 e. The Morgan fingerprint density at radius 3 is 2.56 bits per heavy atom. The first kappa shape index (κ1) is 13.5. The van der Waals surface area contributed by atoms with E-state index >= 15 is 0 Å². The molecular formula is C13H24O3. The summed E-state index contributed by atoms with van der Waals surface area (Å²) >= 11 is 0. The normalized spacial score (nSPS) is 19.4. The summed E-state index contributed by atoms with van der Waals surface area (Å²) in [4.78, 5) is 11.6. The lowest BCUT2D eigenvalue weighted by atomic mass is 9.89. The van der Waals surface area contributed by atoms with Crippen molar-refractivity contribution in [2.45, 2.75) is 58.5 Å². The van der Waals surface area contributed by atoms with Crippen molar-refractivity contribution in [3.63, 3.8) is 0 Å². The molecule has 0 spiro atoms. The fourth-order valence-electron chi connectivity index (χ4n) is 1.97. The SMILES string of the molecule is CCC(C)OCCOC(=O)C1CCCCC1. The fourth-order valence-corrected chi connectivity index (χ4v) is 1.97. The van der Waals surface area contributed by atoms with Crippen molar-refractivity contribution in [1.29, 1.82) is 0 Å². The second-order valence-electron chi connectivity index (χ2n) is 4.59. The number of carbonyl (C=O) groups excluding carboxylic acids is 1. The van der Waals surface area contributed by atoms with Gasteiger partial charge in [0.1, 0.15) is 6.61 Å². The lowest BCUT2D eigenvalue weighted by molar-refractivity contribution is -0.151. The molecule has 0 saturated heterocycles. The van der Waals surface area contributed by atoms with Gasteiger partial charge < -0.3 is 9.47 Å². The van der Waals surface area contributed by atoms with Gasteiger partial charge in [0.25, 0.3) is 0 Å². The van der Waals surface area contributed by atoms with Gasteiger partial charge in [0.15, 0.2) is 0 Å². The molecule has 0 aromatic carbocycles. The Hall–Kier alpha value is -0.570. The van der Waals surface area contributed by atoms with Gasteiger partial charge in [0.2, 0.25) is 0 Å². The van der Waals surface area contributed by atoms with E-state index in [-0.39, 0.29) is 18.0 Å². The molecule has 1 aliphatic rings. The van der Waals surface area contributed by atoms with Gasteiger partial charge in [-0.1, -0.05) is 26.2 Å². The molecular weight excluding hydrogens is 204 g/mol. The maximum atomic E-state index is 11.6. The van der Waals surface area contributed by atoms with E-state index in [1.54, 1.807) is 0 Å². The smallest absolute Gasteiger partial charge is 0.309 e. The van der Waals surface area contributed by atoms with Crippen LogP contribution in [0.5, 0.6) is 0 Å². The first-order chi connectivity index (χ1) is 7.74. The minimum atomic E-state index is -0.0209. The van der Waals surface area contributed by atoms with Crippen LogP contribution >= 0.6 is 0 Å². The first-order valence-corrected chi connectivity index (χ1v) is 6.52. The summed E-state index contributed by atoms with van der Waals surface area (Å²) in [5.41, 5.74) is 0. The van der Waals surface area contributed by atoms with E-state index in [1.165, 1.54) is 19.3 Å². The largest absolute Gasteiger partial charge is 0.463 e. The van der Waals surface area contributed by atoms with Crippen LogP contribution in [0.2, 0.25) is 0 Å². The van der Waals surface area contributed by atoms with E-state index in [0.717, 1.165) is 19.3 Å². The standard InChI is InChI=1S/C13H24O3/c1-3-11(2)15-9-10-16-13(14)12-7-5-4-6-8-12/h11-12H,3-10H2,1-2H3. The molecule has 0 aromatic rings. The second kappa shape index (κ2) is 7.66. The van der Waals surface area contributed by atoms with Gasteiger partial charge in [-0.05, 0) is 26.2 Å². The van der Waals surface area contributed by atoms with Crippen LogP contribution in [0.15, 0.2) is 0 Å². The summed E-state index contributed by atoms with van der Waals surface area (Å²) in [5.74, 6) is 0.129. The molecule has 1 aliphatic carbocycles. The molecule has 0 N–H and O–H groups in total. The van der Waals surface area contributed by atoms with Crippen molar-refractivity contribution in [2.24, 2.45) is 5.92 Å². The summed E-state index contributed by atoms with van der Waals surface area (Å²) in [6, 6.07) is 0. The van der Waals surface area contributed by atoms with Crippen LogP contribution in [-0.2, 0) is 14.3 Å². The topological polar surface area (TPSA) is 35.5 Å². The van der Waals surface area contributed by atoms with Crippen molar-refractivity contribution in [3.8, 4) is 0 Å². The molecule has 1 rings (SSSR count). The molecule has 3 heteroatoms. The Morgan fingerprint density at radius 2 is 1.94 bits per heavy atom. The van der Waals surface area contributed by atoms with Crippen molar-refractivity contribution < 1.29 is 14.3 Å². The number of esters is 1. The molecule has 1 unspecified atom stereocenters. The van der Waals surface area contributed by atoms with Crippen LogP contribution in [0.3, 0.4) is 0 Å². The van der Waals surface area contributed by atoms with Gasteiger partial charge in [-0.15, -0.1) is 0 Å². The van der Waals surface area contributed by atoms with Gasteiger partial charge >= 0.3 is 5.97 Å². The second-order valence-corrected chi connectivity index (χ2v) is 4.59. The van der Waals surface area contributed by atoms with Crippen molar-refractivity contribution in [2.75, 3.05) is 13.2 Å². The van der Waals surface area contributed by atoms with Gasteiger partial charge in [0.05, 0.1) is 18.6 Å². The van der Waals surface area contributed by atoms with E-state index in [4.69, 9.17) is 9.47 Å². The molecule has 94 valence electrons. The Labute approximate surface area is 98.5 Å². The highest BCUT2D eigenvalue weighted by Gasteiger charge is 2.22. The Balaban J connectivity index is 2.05. The fraction of sp³-hybridized carbons (Fsp3) is 0.923. The van der Waals surface area contributed by atoms with Crippen LogP contribution in [0.25, 0.3) is 0 Å². The van der Waals surface area contributed by atoms with Gasteiger partial charge in [-0.2, -0.15) is 0 Å². The van der Waals surface area contributed by atoms with E-state index in [9.17, 15) is 4.79 Å². The van der Waals surface area contributed by atoms with E-state index in [0.29, 0.717) is 13.2 Å². The lowest BCUT2D eigenvalue weighted by Crippen LogP contribution is -2.22. The summed E-state index contributed by atoms with van der Waals surface area (Å²) < 4.78 is 10.7. The molecule has 3 nitrogen and oxygen atoms in total. The molecule has 0 aromatic heterocycles. The van der Waals surface area contributed by atoms with Crippen LogP contribution in [0.1, 0.15) is 52.4 Å². The van der Waals surface area contributed by atoms with Gasteiger partial charge in [-0.25, -0.2) is 0 Å². The Morgan fingerprint density at radius 1 is 1.25 bits per heavy atom. The molecule has 1 fully saturated rings. The quantitative estimate of drug-likeness (QED) is 0.518. The number of hydrogen-bond acceptors (Lipinski definition) is 3. The molecule has 0 radical (unpaired) electrons. The average Bonchev–Trinajstić information content (AvgIpc) is 2.35. The molecule has 0 heterocycles. The monoisotopic (exact) mass is 228 g/mol. The highest BCUT2D eigenvalue weighted by Crippen LogP contribution is 2.24. The summed E-state index contributed by atoms with van der Waals surface area (Å²) in [7, 11) is 0. The maximum absolute atomic E-state index is 11.6. The van der Waals surface area contributed by atoms with Crippen molar-refractivity contribution in [1.82, 2.24) is 0 Å². The summed E-state index contributed by atoms with van der Waals surface area (Å²) in [6.07, 6.45) is 6.87. The third-order valence-electron chi connectivity index (χ3n) is 3.24. The molecule has 1 saturated carbocycles. The third kappa shape index (κ3) is 4.97. The minimum Gasteiger partial charge on any atom is -0.463 e. The Bertz CT molecular complexity index is 197. The molecule has 0 bridgehead atoms. The van der Waals surface area contributed by atoms with Crippen molar-refractivity contribution in [3.05, 3.63) is 0 Å². The van der Waals surface area contributed by atoms with Crippen LogP contribution in [0, 0.1) is 5.92 Å². The van der Waals surface area contributed by atoms with Crippen molar-refractivity contribution >= 4 is 5.97 Å². The molecule has 0 aliphatic heterocycles. The van der Waals surface area contributed by atoms with Crippen LogP contribution in [0.4, 0.5) is 0 Å². The van der Waals surface area contributed by atoms with E-state index in [2.05, 4.69) is 6.92 Å². The zero-order valence-corrected chi connectivity index (χ0v) is 10.5. The lowest BCUT2D eigenvalue weighted by Gasteiger charge is -2.20. The number of ether oxygens (including phenoxy) is 2. The zero-order valence-electron chi connectivity index (χ0n) is 10.5. The highest BCUT2D eigenvalue weighted by molar-refractivity contribution is 5.72. The highest BCUT2D eigenvalue weighted by atomic mass is 16.6. The molecule has 16 heavy (non-hydrogen) atoms. The first-order valence-electron chi connectivity index (χ1n) is 6.52. The van der Waals surface area contributed by atoms with Crippen LogP contribution < -0.4 is 0 Å². The minimum absolute atomic E-state index is 0.0209. The molecule has 0 amide bonds. The third-order valence-corrected chi connectivity index (χ3v) is 3.24. The predicted molar refractivity (Wildman–Crippen MR) is 63.2 cm³/mol. The number of rotatable bonds is 6. The number of carbonyl (C=O) groups is 1. The van der Waals surface area contributed by atoms with Gasteiger partial charge in [-0.3, -0.25) is 4.79 Å². The van der Waals surface area contributed by atoms with E-state index in [1.807, 2.05) is 6.92 Å². The van der Waals surface area contributed by atoms with Crippen LogP contribution in [-0.4, -0.2) is 25.3 Å². The zero-order chi connectivity index (χ0) is 11.8.